The lowest BCUT2D eigenvalue weighted by molar-refractivity contribution is -0.384. The van der Waals surface area contributed by atoms with Gasteiger partial charge < -0.3 is 4.98 Å². The predicted molar refractivity (Wildman–Crippen MR) is 71.2 cm³/mol. The zero-order valence-corrected chi connectivity index (χ0v) is 11.3. The van der Waals surface area contributed by atoms with Gasteiger partial charge in [0, 0.05) is 6.07 Å². The number of Topliss-reactive ketones (excluding diaryl/α,β-unsaturated/α-hetero) is 1. The molecule has 1 N–H and O–H groups in total. The molecule has 1 aliphatic heterocycles. The molecular weight excluding hydrogens is 246 g/mol. The monoisotopic (exact) mass is 265 g/mol. The van der Waals surface area contributed by atoms with E-state index < -0.39 is 4.92 Å². The summed E-state index contributed by atoms with van der Waals surface area (Å²) in [5.41, 5.74) is 0.602. The molecule has 1 aromatic heterocycles. The van der Waals surface area contributed by atoms with Crippen molar-refractivity contribution in [1.82, 2.24) is 9.88 Å². The Bertz CT molecular complexity index is 483. The minimum atomic E-state index is -0.503. The molecule has 0 atom stereocenters. The average Bonchev–Trinajstić information content (AvgIpc) is 2.81. The maximum Gasteiger partial charge on any atom is 0.287 e. The molecular formula is C13H19N3O3. The molecule has 6 nitrogen and oxygen atoms in total. The van der Waals surface area contributed by atoms with Crippen LogP contribution in [0.15, 0.2) is 12.3 Å². The van der Waals surface area contributed by atoms with Crippen LogP contribution in [0, 0.1) is 15.5 Å². The van der Waals surface area contributed by atoms with Crippen molar-refractivity contribution in [3.63, 3.8) is 0 Å². The topological polar surface area (TPSA) is 79.2 Å². The SMILES string of the molecule is CC1(C)CCN(CC(=O)c2cc([N+](=O)[O-])c[nH]2)CC1. The molecule has 0 bridgehead atoms. The van der Waals surface area contributed by atoms with Crippen molar-refractivity contribution in [1.29, 1.82) is 0 Å². The molecule has 1 aromatic rings. The first kappa shape index (κ1) is 13.7. The lowest BCUT2D eigenvalue weighted by Gasteiger charge is -2.36. The van der Waals surface area contributed by atoms with Crippen LogP contribution in [0.25, 0.3) is 0 Å². The lowest BCUT2D eigenvalue weighted by Crippen LogP contribution is -2.40. The quantitative estimate of drug-likeness (QED) is 0.514. The molecule has 1 saturated heterocycles. The summed E-state index contributed by atoms with van der Waals surface area (Å²) in [7, 11) is 0. The highest BCUT2D eigenvalue weighted by atomic mass is 16.6. The van der Waals surface area contributed by atoms with E-state index in [1.165, 1.54) is 12.3 Å². The molecule has 19 heavy (non-hydrogen) atoms. The highest BCUT2D eigenvalue weighted by Gasteiger charge is 2.26. The first-order valence-corrected chi connectivity index (χ1v) is 6.46. The highest BCUT2D eigenvalue weighted by Crippen LogP contribution is 2.29. The van der Waals surface area contributed by atoms with E-state index in [2.05, 4.69) is 23.7 Å². The number of hydrogen-bond acceptors (Lipinski definition) is 4. The smallest absolute Gasteiger partial charge is 0.287 e. The van der Waals surface area contributed by atoms with E-state index >= 15 is 0 Å². The summed E-state index contributed by atoms with van der Waals surface area (Å²) in [6.45, 7) is 6.61. The minimum absolute atomic E-state index is 0.0665. The van der Waals surface area contributed by atoms with E-state index in [0.29, 0.717) is 17.7 Å². The van der Waals surface area contributed by atoms with Gasteiger partial charge in [0.2, 0.25) is 0 Å². The number of aromatic amines is 1. The van der Waals surface area contributed by atoms with Gasteiger partial charge in [-0.25, -0.2) is 0 Å². The summed E-state index contributed by atoms with van der Waals surface area (Å²) in [6, 6.07) is 1.30. The number of carbonyl (C=O) groups excluding carboxylic acids is 1. The number of ketones is 1. The summed E-state index contributed by atoms with van der Waals surface area (Å²) in [5, 5.41) is 10.6. The number of H-pyrrole nitrogens is 1. The van der Waals surface area contributed by atoms with Gasteiger partial charge in [-0.1, -0.05) is 13.8 Å². The third-order valence-electron chi connectivity index (χ3n) is 3.76. The second-order valence-electron chi connectivity index (χ2n) is 5.89. The van der Waals surface area contributed by atoms with E-state index in [1.807, 2.05) is 0 Å². The number of carbonyl (C=O) groups is 1. The molecule has 6 heteroatoms. The van der Waals surface area contributed by atoms with Gasteiger partial charge in [-0.2, -0.15) is 0 Å². The van der Waals surface area contributed by atoms with Crippen molar-refractivity contribution >= 4 is 11.5 Å². The molecule has 1 fully saturated rings. The number of piperidine rings is 1. The van der Waals surface area contributed by atoms with E-state index in [9.17, 15) is 14.9 Å². The summed E-state index contributed by atoms with van der Waals surface area (Å²) < 4.78 is 0. The average molecular weight is 265 g/mol. The molecule has 0 radical (unpaired) electrons. The van der Waals surface area contributed by atoms with Gasteiger partial charge in [0.15, 0.2) is 5.78 Å². The van der Waals surface area contributed by atoms with Crippen molar-refractivity contribution in [2.24, 2.45) is 5.41 Å². The number of hydrogen-bond donors (Lipinski definition) is 1. The molecule has 2 rings (SSSR count). The number of aromatic nitrogens is 1. The number of rotatable bonds is 4. The van der Waals surface area contributed by atoms with E-state index in [0.717, 1.165) is 25.9 Å². The van der Waals surface area contributed by atoms with E-state index in [-0.39, 0.29) is 11.5 Å². The number of nitrogens with zero attached hydrogens (tertiary/aromatic N) is 2. The normalized spacial score (nSPS) is 19.3. The Kier molecular flexibility index (Phi) is 3.71. The van der Waals surface area contributed by atoms with Crippen molar-refractivity contribution in [2.45, 2.75) is 26.7 Å². The summed E-state index contributed by atoms with van der Waals surface area (Å²) in [4.78, 5) is 26.9. The van der Waals surface area contributed by atoms with Gasteiger partial charge in [-0.05, 0) is 31.3 Å². The Balaban J connectivity index is 1.92. The van der Waals surface area contributed by atoms with Crippen LogP contribution < -0.4 is 0 Å². The lowest BCUT2D eigenvalue weighted by atomic mass is 9.82. The zero-order chi connectivity index (χ0) is 14.0. The van der Waals surface area contributed by atoms with E-state index in [1.54, 1.807) is 0 Å². The molecule has 0 spiro atoms. The second kappa shape index (κ2) is 5.13. The standard InChI is InChI=1S/C13H19N3O3/c1-13(2)3-5-15(6-4-13)9-12(17)11-7-10(8-14-11)16(18)19/h7-8,14H,3-6,9H2,1-2H3. The Labute approximate surface area is 111 Å². The Morgan fingerprint density at radius 1 is 1.47 bits per heavy atom. The zero-order valence-electron chi connectivity index (χ0n) is 11.3. The molecule has 0 aromatic carbocycles. The maximum absolute atomic E-state index is 12.0. The fourth-order valence-electron chi connectivity index (χ4n) is 2.25. The van der Waals surface area contributed by atoms with Gasteiger partial charge in [-0.15, -0.1) is 0 Å². The van der Waals surface area contributed by atoms with Gasteiger partial charge in [0.05, 0.1) is 23.4 Å². The van der Waals surface area contributed by atoms with Crippen LogP contribution in [0.3, 0.4) is 0 Å². The Morgan fingerprint density at radius 3 is 2.63 bits per heavy atom. The Morgan fingerprint density at radius 2 is 2.11 bits per heavy atom. The van der Waals surface area contributed by atoms with E-state index in [4.69, 9.17) is 0 Å². The van der Waals surface area contributed by atoms with Crippen molar-refractivity contribution in [3.8, 4) is 0 Å². The fraction of sp³-hybridized carbons (Fsp3) is 0.615. The number of nitrogens with one attached hydrogen (secondary N) is 1. The van der Waals surface area contributed by atoms with Crippen LogP contribution in [0.1, 0.15) is 37.2 Å². The van der Waals surface area contributed by atoms with Crippen LogP contribution in [0.5, 0.6) is 0 Å². The van der Waals surface area contributed by atoms with Gasteiger partial charge >= 0.3 is 0 Å². The maximum atomic E-state index is 12.0. The van der Waals surface area contributed by atoms with Crippen LogP contribution in [0.4, 0.5) is 5.69 Å². The molecule has 0 saturated carbocycles. The van der Waals surface area contributed by atoms with Crippen LogP contribution in [-0.4, -0.2) is 40.2 Å². The molecule has 2 heterocycles. The molecule has 0 unspecified atom stereocenters. The minimum Gasteiger partial charge on any atom is -0.353 e. The third kappa shape index (κ3) is 3.41. The first-order chi connectivity index (χ1) is 8.87. The highest BCUT2D eigenvalue weighted by molar-refractivity contribution is 5.96. The Hall–Kier alpha value is -1.69. The van der Waals surface area contributed by atoms with Gasteiger partial charge in [0.1, 0.15) is 0 Å². The summed E-state index contributed by atoms with van der Waals surface area (Å²) >= 11 is 0. The van der Waals surface area contributed by atoms with Crippen LogP contribution in [-0.2, 0) is 0 Å². The number of nitro groups is 1. The molecule has 1 aliphatic rings. The molecule has 0 amide bonds. The van der Waals surface area contributed by atoms with Gasteiger partial charge in [-0.3, -0.25) is 19.8 Å². The number of likely N-dealkylation sites (tertiary alicyclic amines) is 1. The second-order valence-corrected chi connectivity index (χ2v) is 5.89. The van der Waals surface area contributed by atoms with Crippen molar-refractivity contribution < 1.29 is 9.72 Å². The predicted octanol–water partition coefficient (Wildman–Crippen LogP) is 2.23. The molecule has 0 aliphatic carbocycles. The fourth-order valence-corrected chi connectivity index (χ4v) is 2.25. The summed E-state index contributed by atoms with van der Waals surface area (Å²) in [5.74, 6) is -0.0900. The third-order valence-corrected chi connectivity index (χ3v) is 3.76. The first-order valence-electron chi connectivity index (χ1n) is 6.46. The largest absolute Gasteiger partial charge is 0.353 e. The summed E-state index contributed by atoms with van der Waals surface area (Å²) in [6.07, 6.45) is 3.41. The van der Waals surface area contributed by atoms with Crippen LogP contribution >= 0.6 is 0 Å². The van der Waals surface area contributed by atoms with Crippen molar-refractivity contribution in [2.75, 3.05) is 19.6 Å². The van der Waals surface area contributed by atoms with Crippen LogP contribution in [0.2, 0.25) is 0 Å². The van der Waals surface area contributed by atoms with Crippen molar-refractivity contribution in [3.05, 3.63) is 28.1 Å². The van der Waals surface area contributed by atoms with Gasteiger partial charge in [0.25, 0.3) is 5.69 Å². The molecule has 104 valence electrons.